The Kier molecular flexibility index (Phi) is 3.36. The number of fused-ring (bicyclic) bond motifs is 1. The summed E-state index contributed by atoms with van der Waals surface area (Å²) in [6.45, 7) is 4.03. The van der Waals surface area contributed by atoms with Gasteiger partial charge in [-0.05, 0) is 37.5 Å². The average Bonchev–Trinajstić information content (AvgIpc) is 2.31. The maximum atomic E-state index is 6.00. The zero-order valence-corrected chi connectivity index (χ0v) is 9.79. The molecule has 1 aromatic carbocycles. The lowest BCUT2D eigenvalue weighted by atomic mass is 10.00. The highest BCUT2D eigenvalue weighted by Gasteiger charge is 2.17. The van der Waals surface area contributed by atoms with Gasteiger partial charge >= 0.3 is 0 Å². The third-order valence-corrected chi connectivity index (χ3v) is 3.07. The van der Waals surface area contributed by atoms with Crippen LogP contribution in [0, 0.1) is 11.8 Å². The van der Waals surface area contributed by atoms with Crippen LogP contribution in [0.5, 0.6) is 0 Å². The van der Waals surface area contributed by atoms with E-state index in [2.05, 4.69) is 22.8 Å². The van der Waals surface area contributed by atoms with Gasteiger partial charge in [0.1, 0.15) is 0 Å². The summed E-state index contributed by atoms with van der Waals surface area (Å²) in [5, 5.41) is 0. The largest absolute Gasteiger partial charge is 0.398 e. The highest BCUT2D eigenvalue weighted by molar-refractivity contribution is 5.66. The number of nitrogen functional groups attached to an aromatic ring is 1. The molecular weight excluding hydrogens is 196 g/mol. The number of nitrogens with two attached hydrogens (primary N) is 1. The van der Waals surface area contributed by atoms with Gasteiger partial charge in [0.25, 0.3) is 0 Å². The molecule has 0 unspecified atom stereocenters. The molecule has 0 spiro atoms. The average molecular weight is 214 g/mol. The van der Waals surface area contributed by atoms with Gasteiger partial charge in [0.2, 0.25) is 0 Å². The van der Waals surface area contributed by atoms with Crippen LogP contribution in [0.25, 0.3) is 0 Å². The van der Waals surface area contributed by atoms with Gasteiger partial charge in [-0.3, -0.25) is 0 Å². The molecule has 0 saturated carbocycles. The molecule has 0 fully saturated rings. The van der Waals surface area contributed by atoms with Crippen molar-refractivity contribution >= 4 is 11.4 Å². The molecule has 0 aromatic heterocycles. The third-order valence-electron chi connectivity index (χ3n) is 3.07. The van der Waals surface area contributed by atoms with Gasteiger partial charge in [-0.2, -0.15) is 0 Å². The van der Waals surface area contributed by atoms with E-state index in [1.165, 1.54) is 17.7 Å². The van der Waals surface area contributed by atoms with Gasteiger partial charge in [-0.15, -0.1) is 11.8 Å². The summed E-state index contributed by atoms with van der Waals surface area (Å²) in [6, 6.07) is 6.20. The van der Waals surface area contributed by atoms with Crippen molar-refractivity contribution in [1.82, 2.24) is 0 Å². The lowest BCUT2D eigenvalue weighted by Gasteiger charge is -2.31. The van der Waals surface area contributed by atoms with Crippen molar-refractivity contribution in [1.29, 1.82) is 0 Å². The summed E-state index contributed by atoms with van der Waals surface area (Å²) < 4.78 is 0. The zero-order chi connectivity index (χ0) is 11.4. The number of hydrogen-bond acceptors (Lipinski definition) is 2. The highest BCUT2D eigenvalue weighted by atomic mass is 15.1. The second kappa shape index (κ2) is 4.94. The summed E-state index contributed by atoms with van der Waals surface area (Å²) in [7, 11) is 0. The van der Waals surface area contributed by atoms with Gasteiger partial charge in [-0.1, -0.05) is 6.07 Å². The molecule has 1 heterocycles. The van der Waals surface area contributed by atoms with Crippen molar-refractivity contribution in [2.45, 2.75) is 26.2 Å². The van der Waals surface area contributed by atoms with E-state index in [4.69, 9.17) is 5.73 Å². The van der Waals surface area contributed by atoms with Crippen LogP contribution < -0.4 is 10.6 Å². The zero-order valence-electron chi connectivity index (χ0n) is 9.79. The Bertz CT molecular complexity index is 426. The molecule has 0 amide bonds. The molecule has 2 N–H and O–H groups in total. The molecule has 1 aromatic rings. The van der Waals surface area contributed by atoms with Gasteiger partial charge < -0.3 is 10.6 Å². The van der Waals surface area contributed by atoms with Crippen molar-refractivity contribution in [3.63, 3.8) is 0 Å². The molecule has 0 bridgehead atoms. The number of hydrogen-bond donors (Lipinski definition) is 1. The Morgan fingerprint density at radius 1 is 1.44 bits per heavy atom. The van der Waals surface area contributed by atoms with Gasteiger partial charge in [0.15, 0.2) is 0 Å². The molecule has 2 rings (SSSR count). The van der Waals surface area contributed by atoms with Crippen LogP contribution >= 0.6 is 0 Å². The maximum Gasteiger partial charge on any atom is 0.0419 e. The summed E-state index contributed by atoms with van der Waals surface area (Å²) >= 11 is 0. The van der Waals surface area contributed by atoms with Crippen molar-refractivity contribution in [2.24, 2.45) is 0 Å². The summed E-state index contributed by atoms with van der Waals surface area (Å²) in [5.74, 6) is 6.06. The van der Waals surface area contributed by atoms with Crippen molar-refractivity contribution < 1.29 is 0 Å². The van der Waals surface area contributed by atoms with Crippen molar-refractivity contribution in [2.75, 3.05) is 23.7 Å². The molecular formula is C14H18N2. The minimum absolute atomic E-state index is 0.934. The predicted octanol–water partition coefficient (Wildman–Crippen LogP) is 2.43. The Labute approximate surface area is 97.4 Å². The van der Waals surface area contributed by atoms with E-state index in [9.17, 15) is 0 Å². The molecule has 2 nitrogen and oxygen atoms in total. The Hall–Kier alpha value is -1.62. The molecule has 1 aliphatic rings. The fraction of sp³-hybridized carbons (Fsp3) is 0.429. The minimum atomic E-state index is 0.934. The van der Waals surface area contributed by atoms with Crippen LogP contribution in [0.1, 0.15) is 25.3 Å². The van der Waals surface area contributed by atoms with Gasteiger partial charge in [0, 0.05) is 30.9 Å². The van der Waals surface area contributed by atoms with E-state index < -0.39 is 0 Å². The lowest BCUT2D eigenvalue weighted by molar-refractivity contribution is 0.696. The highest BCUT2D eigenvalue weighted by Crippen LogP contribution is 2.30. The van der Waals surface area contributed by atoms with E-state index in [1.54, 1.807) is 0 Å². The summed E-state index contributed by atoms with van der Waals surface area (Å²) in [6.07, 6.45) is 3.24. The Balaban J connectivity index is 2.18. The standard InChI is InChI=1S/C14H18N2/c1-2-3-4-10-16-11-6-7-12-13(15)8-5-9-14(12)16/h5,8-9H,4,6-7,10-11,15H2,1H3. The van der Waals surface area contributed by atoms with Crippen LogP contribution in [0.3, 0.4) is 0 Å². The molecule has 0 radical (unpaired) electrons. The molecule has 0 aliphatic carbocycles. The van der Waals surface area contributed by atoms with Gasteiger partial charge in [0.05, 0.1) is 0 Å². The Morgan fingerprint density at radius 3 is 3.12 bits per heavy atom. The van der Waals surface area contributed by atoms with Crippen molar-refractivity contribution in [3.05, 3.63) is 23.8 Å². The first-order valence-corrected chi connectivity index (χ1v) is 5.85. The molecule has 2 heteroatoms. The predicted molar refractivity (Wildman–Crippen MR) is 69.5 cm³/mol. The summed E-state index contributed by atoms with van der Waals surface area (Å²) in [4.78, 5) is 2.40. The number of rotatable bonds is 2. The van der Waals surface area contributed by atoms with Crippen molar-refractivity contribution in [3.8, 4) is 11.8 Å². The smallest absolute Gasteiger partial charge is 0.0419 e. The fourth-order valence-electron chi connectivity index (χ4n) is 2.28. The van der Waals surface area contributed by atoms with Crippen LogP contribution in [0.2, 0.25) is 0 Å². The van der Waals surface area contributed by atoms with Crippen LogP contribution in [0.15, 0.2) is 18.2 Å². The minimum Gasteiger partial charge on any atom is -0.398 e. The van der Waals surface area contributed by atoms with Crippen LogP contribution in [-0.2, 0) is 6.42 Å². The first-order chi connectivity index (χ1) is 7.83. The molecule has 0 atom stereocenters. The van der Waals surface area contributed by atoms with E-state index in [1.807, 2.05) is 19.1 Å². The van der Waals surface area contributed by atoms with E-state index in [-0.39, 0.29) is 0 Å². The first kappa shape index (κ1) is 10.9. The Morgan fingerprint density at radius 2 is 2.31 bits per heavy atom. The van der Waals surface area contributed by atoms with E-state index in [0.29, 0.717) is 0 Å². The third kappa shape index (κ3) is 2.14. The molecule has 84 valence electrons. The van der Waals surface area contributed by atoms with E-state index >= 15 is 0 Å². The fourth-order valence-corrected chi connectivity index (χ4v) is 2.28. The molecule has 16 heavy (non-hydrogen) atoms. The second-order valence-electron chi connectivity index (χ2n) is 4.11. The van der Waals surface area contributed by atoms with Gasteiger partial charge in [-0.25, -0.2) is 0 Å². The quantitative estimate of drug-likeness (QED) is 0.605. The van der Waals surface area contributed by atoms with Crippen LogP contribution in [0.4, 0.5) is 11.4 Å². The monoisotopic (exact) mass is 214 g/mol. The SMILES string of the molecule is CC#CCCN1CCCc2c(N)cccc21. The molecule has 1 aliphatic heterocycles. The lowest BCUT2D eigenvalue weighted by Crippen LogP contribution is -2.30. The second-order valence-corrected chi connectivity index (χ2v) is 4.11. The summed E-state index contributed by atoms with van der Waals surface area (Å²) in [5.41, 5.74) is 9.57. The number of anilines is 2. The van der Waals surface area contributed by atoms with Crippen LogP contribution in [-0.4, -0.2) is 13.1 Å². The topological polar surface area (TPSA) is 29.3 Å². The normalized spacial score (nSPS) is 13.9. The first-order valence-electron chi connectivity index (χ1n) is 5.85. The number of benzene rings is 1. The molecule has 0 saturated heterocycles. The van der Waals surface area contributed by atoms with E-state index in [0.717, 1.165) is 31.6 Å². The maximum absolute atomic E-state index is 6.00. The number of nitrogens with zero attached hydrogens (tertiary/aromatic N) is 1.